The molecule has 4 heteroatoms. The van der Waals surface area contributed by atoms with E-state index in [9.17, 15) is 0 Å². The van der Waals surface area contributed by atoms with E-state index >= 15 is 0 Å². The Kier molecular flexibility index (Phi) is 5.85. The topological polar surface area (TPSA) is 27.1 Å². The van der Waals surface area contributed by atoms with Crippen molar-refractivity contribution in [1.82, 2.24) is 9.78 Å². The summed E-state index contributed by atoms with van der Waals surface area (Å²) in [5.41, 5.74) is 3.31. The van der Waals surface area contributed by atoms with Gasteiger partial charge in [0.05, 0.1) is 11.7 Å². The van der Waals surface area contributed by atoms with Crippen molar-refractivity contribution in [3.05, 3.63) is 47.3 Å². The highest BCUT2D eigenvalue weighted by atomic mass is 79.9. The lowest BCUT2D eigenvalue weighted by Crippen LogP contribution is -2.08. The first kappa shape index (κ1) is 16.1. The van der Waals surface area contributed by atoms with Crippen LogP contribution in [0.1, 0.15) is 49.6 Å². The van der Waals surface area contributed by atoms with Gasteiger partial charge in [-0.2, -0.15) is 5.10 Å². The van der Waals surface area contributed by atoms with Gasteiger partial charge in [0.1, 0.15) is 12.4 Å². The third-order valence-electron chi connectivity index (χ3n) is 3.78. The number of para-hydroxylation sites is 1. The molecule has 1 heterocycles. The van der Waals surface area contributed by atoms with Crippen molar-refractivity contribution in [2.45, 2.75) is 51.6 Å². The van der Waals surface area contributed by atoms with Gasteiger partial charge in [-0.25, -0.2) is 0 Å². The first-order valence-corrected chi connectivity index (χ1v) is 8.63. The summed E-state index contributed by atoms with van der Waals surface area (Å²) >= 11 is 3.51. The smallest absolute Gasteiger partial charge is 0.132 e. The van der Waals surface area contributed by atoms with E-state index in [2.05, 4.69) is 70.9 Å². The molecule has 2 aromatic rings. The largest absolute Gasteiger partial charge is 0.487 e. The number of nitrogens with zero attached hydrogens (tertiary/aromatic N) is 2. The zero-order valence-corrected chi connectivity index (χ0v) is 14.6. The lowest BCUT2D eigenvalue weighted by molar-refractivity contribution is 0.293. The minimum atomic E-state index is 0.482. The number of hydrogen-bond acceptors (Lipinski definition) is 2. The van der Waals surface area contributed by atoms with E-state index in [0.717, 1.165) is 35.2 Å². The minimum Gasteiger partial charge on any atom is -0.487 e. The van der Waals surface area contributed by atoms with E-state index in [1.165, 1.54) is 5.56 Å². The van der Waals surface area contributed by atoms with Gasteiger partial charge in [0.25, 0.3) is 0 Å². The monoisotopic (exact) mass is 350 g/mol. The van der Waals surface area contributed by atoms with Gasteiger partial charge in [-0.1, -0.05) is 48.0 Å². The Morgan fingerprint density at radius 1 is 1.24 bits per heavy atom. The fourth-order valence-electron chi connectivity index (χ4n) is 2.49. The fraction of sp³-hybridized carbons (Fsp3) is 0.471. The van der Waals surface area contributed by atoms with Crippen LogP contribution in [0.15, 0.2) is 30.5 Å². The lowest BCUT2D eigenvalue weighted by atomic mass is 10.1. The Hall–Kier alpha value is -1.29. The van der Waals surface area contributed by atoms with Crippen LogP contribution in [0.5, 0.6) is 5.75 Å². The number of ether oxygens (including phenoxy) is 1. The maximum absolute atomic E-state index is 6.00. The average molecular weight is 351 g/mol. The molecule has 21 heavy (non-hydrogen) atoms. The van der Waals surface area contributed by atoms with Crippen LogP contribution in [-0.4, -0.2) is 9.78 Å². The first-order chi connectivity index (χ1) is 10.2. The van der Waals surface area contributed by atoms with E-state index in [4.69, 9.17) is 4.74 Å². The summed E-state index contributed by atoms with van der Waals surface area (Å²) in [5, 5.41) is 5.43. The molecule has 0 amide bonds. The second kappa shape index (κ2) is 7.64. The predicted octanol–water partition coefficient (Wildman–Crippen LogP) is 5.03. The number of aryl methyl sites for hydroxylation is 1. The number of benzene rings is 1. The van der Waals surface area contributed by atoms with Gasteiger partial charge in [-0.15, -0.1) is 0 Å². The average Bonchev–Trinajstić information content (AvgIpc) is 2.96. The molecule has 2 rings (SSSR count). The molecule has 0 saturated carbocycles. The van der Waals surface area contributed by atoms with Crippen LogP contribution in [0.4, 0.5) is 0 Å². The van der Waals surface area contributed by atoms with E-state index in [1.807, 2.05) is 6.07 Å². The van der Waals surface area contributed by atoms with Crippen LogP contribution in [0.3, 0.4) is 0 Å². The third kappa shape index (κ3) is 3.88. The molecular formula is C17H23BrN2O. The summed E-state index contributed by atoms with van der Waals surface area (Å²) in [6.07, 6.45) is 4.26. The number of hydrogen-bond donors (Lipinski definition) is 0. The van der Waals surface area contributed by atoms with E-state index < -0.39 is 0 Å². The van der Waals surface area contributed by atoms with Gasteiger partial charge in [-0.05, 0) is 31.4 Å². The van der Waals surface area contributed by atoms with Crippen LogP contribution in [0, 0.1) is 6.92 Å². The standard InChI is InChI=1S/C17H23BrN2O/c1-4-16(5-2)20-10-9-15(19-20)12-21-17-13(3)7-6-8-14(17)11-18/h6-10,16H,4-5,11-12H2,1-3H3. The number of halogens is 1. The summed E-state index contributed by atoms with van der Waals surface area (Å²) in [5.74, 6) is 0.964. The van der Waals surface area contributed by atoms with Gasteiger partial charge in [0.15, 0.2) is 0 Å². The van der Waals surface area contributed by atoms with Crippen molar-refractivity contribution < 1.29 is 4.74 Å². The molecule has 0 radical (unpaired) electrons. The molecule has 0 aliphatic carbocycles. The number of alkyl halides is 1. The van der Waals surface area contributed by atoms with Crippen LogP contribution < -0.4 is 4.74 Å². The molecule has 0 saturated heterocycles. The van der Waals surface area contributed by atoms with Crippen molar-refractivity contribution >= 4 is 15.9 Å². The zero-order valence-electron chi connectivity index (χ0n) is 13.0. The Balaban J connectivity index is 2.07. The normalized spacial score (nSPS) is 11.1. The van der Waals surface area contributed by atoms with Crippen molar-refractivity contribution in [2.24, 2.45) is 0 Å². The summed E-state index contributed by atoms with van der Waals surface area (Å²) in [6, 6.07) is 8.74. The molecule has 0 spiro atoms. The zero-order chi connectivity index (χ0) is 15.2. The maximum atomic E-state index is 6.00. The van der Waals surface area contributed by atoms with Crippen molar-refractivity contribution in [1.29, 1.82) is 0 Å². The van der Waals surface area contributed by atoms with Gasteiger partial charge in [0, 0.05) is 17.1 Å². The summed E-state index contributed by atoms with van der Waals surface area (Å²) in [7, 11) is 0. The highest BCUT2D eigenvalue weighted by Crippen LogP contribution is 2.26. The highest BCUT2D eigenvalue weighted by Gasteiger charge is 2.10. The van der Waals surface area contributed by atoms with Crippen molar-refractivity contribution in [2.75, 3.05) is 0 Å². The Morgan fingerprint density at radius 3 is 2.67 bits per heavy atom. The van der Waals surface area contributed by atoms with Crippen molar-refractivity contribution in [3.63, 3.8) is 0 Å². The van der Waals surface area contributed by atoms with E-state index in [-0.39, 0.29) is 0 Å². The second-order valence-electron chi connectivity index (χ2n) is 5.24. The highest BCUT2D eigenvalue weighted by molar-refractivity contribution is 9.08. The Bertz CT molecular complexity index is 576. The van der Waals surface area contributed by atoms with Gasteiger partial charge >= 0.3 is 0 Å². The summed E-state index contributed by atoms with van der Waals surface area (Å²) < 4.78 is 8.06. The molecule has 114 valence electrons. The maximum Gasteiger partial charge on any atom is 0.132 e. The fourth-order valence-corrected chi connectivity index (χ4v) is 2.93. The van der Waals surface area contributed by atoms with Gasteiger partial charge in [-0.3, -0.25) is 4.68 Å². The Morgan fingerprint density at radius 2 is 2.00 bits per heavy atom. The molecule has 0 N–H and O–H groups in total. The quantitative estimate of drug-likeness (QED) is 0.655. The molecule has 0 aliphatic heterocycles. The summed E-state index contributed by atoms with van der Waals surface area (Å²) in [4.78, 5) is 0. The molecule has 0 atom stereocenters. The number of rotatable bonds is 7. The van der Waals surface area contributed by atoms with Crippen molar-refractivity contribution in [3.8, 4) is 5.75 Å². The molecule has 0 aliphatic rings. The minimum absolute atomic E-state index is 0.482. The van der Waals surface area contributed by atoms with Gasteiger partial charge in [0.2, 0.25) is 0 Å². The lowest BCUT2D eigenvalue weighted by Gasteiger charge is -2.13. The molecule has 0 unspecified atom stereocenters. The molecule has 0 fully saturated rings. The van der Waals surface area contributed by atoms with Crippen LogP contribution >= 0.6 is 15.9 Å². The van der Waals surface area contributed by atoms with Gasteiger partial charge < -0.3 is 4.74 Å². The van der Waals surface area contributed by atoms with E-state index in [1.54, 1.807) is 0 Å². The predicted molar refractivity (Wildman–Crippen MR) is 90.0 cm³/mol. The van der Waals surface area contributed by atoms with E-state index in [0.29, 0.717) is 12.6 Å². The SMILES string of the molecule is CCC(CC)n1ccc(COc2c(C)cccc2CBr)n1. The molecule has 1 aromatic carbocycles. The first-order valence-electron chi connectivity index (χ1n) is 7.50. The summed E-state index contributed by atoms with van der Waals surface area (Å²) in [6.45, 7) is 6.98. The van der Waals surface area contributed by atoms with Crippen LogP contribution in [0.2, 0.25) is 0 Å². The molecular weight excluding hydrogens is 328 g/mol. The second-order valence-corrected chi connectivity index (χ2v) is 5.80. The van der Waals surface area contributed by atoms with Crippen LogP contribution in [0.25, 0.3) is 0 Å². The molecule has 0 bridgehead atoms. The van der Waals surface area contributed by atoms with Crippen LogP contribution in [-0.2, 0) is 11.9 Å². The third-order valence-corrected chi connectivity index (χ3v) is 4.39. The molecule has 1 aromatic heterocycles. The molecule has 3 nitrogen and oxygen atoms in total. The Labute approximate surface area is 135 Å². The number of aromatic nitrogens is 2.